The van der Waals surface area contributed by atoms with Crippen LogP contribution in [0, 0.1) is 0 Å². The molecule has 5 heterocycles. The molecule has 5 saturated heterocycles. The zero-order valence-corrected chi connectivity index (χ0v) is 59.6. The van der Waals surface area contributed by atoms with Crippen LogP contribution in [0.1, 0.15) is 57.1 Å². The monoisotopic (exact) mass is 1540 g/mol. The van der Waals surface area contributed by atoms with Crippen molar-refractivity contribution in [1.29, 1.82) is 0 Å². The number of amides is 14. The first-order valence-corrected chi connectivity index (χ1v) is 39.3. The molecule has 2 aromatic rings. The number of rotatable bonds is 13. The van der Waals surface area contributed by atoms with E-state index in [1.807, 2.05) is 0 Å². The van der Waals surface area contributed by atoms with Gasteiger partial charge in [0.05, 0.1) is 31.8 Å². The topological polar surface area (TPSA) is 551 Å². The normalized spacial score (nSPS) is 27.7. The van der Waals surface area contributed by atoms with Gasteiger partial charge in [-0.3, -0.25) is 77.2 Å². The van der Waals surface area contributed by atoms with Crippen molar-refractivity contribution in [2.45, 2.75) is 143 Å². The molecule has 19 N–H and O–H groups in total. The van der Waals surface area contributed by atoms with Gasteiger partial charge in [-0.2, -0.15) is 0 Å². The number of hydrogen-bond donors (Lipinski definition) is 18. The first kappa shape index (κ1) is 80.9. The minimum Gasteiger partial charge on any atom is -0.508 e. The van der Waals surface area contributed by atoms with Crippen LogP contribution in [0.15, 0.2) is 48.5 Å². The lowest BCUT2D eigenvalue weighted by molar-refractivity contribution is -0.143. The van der Waals surface area contributed by atoms with Crippen LogP contribution >= 0.6 is 64.8 Å². The summed E-state index contributed by atoms with van der Waals surface area (Å²) < 4.78 is 0. The van der Waals surface area contributed by atoms with Crippen LogP contribution in [-0.2, 0) is 89.6 Å². The summed E-state index contributed by atoms with van der Waals surface area (Å²) in [4.78, 5) is 229. The molecule has 42 heteroatoms. The number of nitrogens with zero attached hydrogens (tertiary/aromatic N) is 2. The number of aliphatic hydroxyl groups is 1. The van der Waals surface area contributed by atoms with Gasteiger partial charge in [0, 0.05) is 60.3 Å². The summed E-state index contributed by atoms with van der Waals surface area (Å²) in [6.07, 6.45) is -4.59. The van der Waals surface area contributed by atoms with E-state index in [1.165, 1.54) is 55.5 Å². The van der Waals surface area contributed by atoms with Crippen LogP contribution in [0.5, 0.6) is 11.5 Å². The average molecular weight is 1540 g/mol. The molecule has 14 atom stereocenters. The summed E-state index contributed by atoms with van der Waals surface area (Å²) in [5.41, 5.74) is 6.29. The van der Waals surface area contributed by atoms with Crippen molar-refractivity contribution in [3.63, 3.8) is 0 Å². The largest absolute Gasteiger partial charge is 0.508 e. The molecule has 5 aliphatic heterocycles. The number of hydrogen-bond acceptors (Lipinski definition) is 26. The molecule has 102 heavy (non-hydrogen) atoms. The van der Waals surface area contributed by atoms with Gasteiger partial charge in [0.15, 0.2) is 0 Å². The van der Waals surface area contributed by atoms with E-state index in [-0.39, 0.29) is 61.0 Å². The Balaban J connectivity index is 1.40. The van der Waals surface area contributed by atoms with Gasteiger partial charge < -0.3 is 99.6 Å². The van der Waals surface area contributed by atoms with E-state index in [2.05, 4.69) is 63.8 Å². The van der Waals surface area contributed by atoms with E-state index in [0.717, 1.165) is 81.5 Å². The Hall–Kier alpha value is -8.42. The highest BCUT2D eigenvalue weighted by atomic mass is 33.1. The number of aliphatic carboxylic acids is 2. The predicted octanol–water partition coefficient (Wildman–Crippen LogP) is -5.62. The molecule has 0 aromatic heterocycles. The Morgan fingerprint density at radius 3 is 1.69 bits per heavy atom. The highest BCUT2D eigenvalue weighted by molar-refractivity contribution is 8.77. The molecule has 7 rings (SSSR count). The Bertz CT molecular complexity index is 3480. The summed E-state index contributed by atoms with van der Waals surface area (Å²) in [6.45, 7) is 0.907. The number of aliphatic hydroxyl groups excluding tert-OH is 1. The number of carboxylic acids is 2. The van der Waals surface area contributed by atoms with Gasteiger partial charge in [0.25, 0.3) is 0 Å². The van der Waals surface area contributed by atoms with Gasteiger partial charge in [-0.15, -0.1) is 0 Å². The Morgan fingerprint density at radius 1 is 0.569 bits per heavy atom. The molecule has 5 aliphatic rings. The van der Waals surface area contributed by atoms with E-state index in [0.29, 0.717) is 5.56 Å². The van der Waals surface area contributed by atoms with Crippen molar-refractivity contribution in [2.75, 3.05) is 54.3 Å². The number of nitrogens with one attached hydrogen (secondary N) is 12. The fraction of sp³-hybridized carbons (Fsp3) is 0.533. The number of benzene rings is 2. The van der Waals surface area contributed by atoms with Crippen LogP contribution in [0.2, 0.25) is 0 Å². The molecular formula is C60H79N15O21S6. The van der Waals surface area contributed by atoms with Gasteiger partial charge in [-0.25, -0.2) is 4.79 Å². The van der Waals surface area contributed by atoms with Gasteiger partial charge >= 0.3 is 11.9 Å². The summed E-state index contributed by atoms with van der Waals surface area (Å²) in [7, 11) is 5.10. The van der Waals surface area contributed by atoms with Gasteiger partial charge in [0.2, 0.25) is 82.7 Å². The van der Waals surface area contributed by atoms with Crippen molar-refractivity contribution in [3.05, 3.63) is 59.7 Å². The molecule has 556 valence electrons. The van der Waals surface area contributed by atoms with E-state index in [1.54, 1.807) is 0 Å². The van der Waals surface area contributed by atoms with Crippen LogP contribution < -0.4 is 69.5 Å². The number of carbonyl (C=O) groups is 16. The number of phenolic OH excluding ortho intramolecular Hbond substituents is 2. The summed E-state index contributed by atoms with van der Waals surface area (Å²) in [5, 5.41) is 81.5. The maximum absolute atomic E-state index is 15.2. The zero-order valence-electron chi connectivity index (χ0n) is 54.7. The van der Waals surface area contributed by atoms with Crippen molar-refractivity contribution in [1.82, 2.24) is 73.6 Å². The third-order valence-electron chi connectivity index (χ3n) is 16.3. The van der Waals surface area contributed by atoms with Crippen LogP contribution in [-0.4, -0.2) is 269 Å². The molecule has 0 aliphatic carbocycles. The van der Waals surface area contributed by atoms with Gasteiger partial charge in [-0.1, -0.05) is 89.0 Å². The Kier molecular flexibility index (Phi) is 30.7. The van der Waals surface area contributed by atoms with E-state index in [9.17, 15) is 92.7 Å². The SMILES string of the molecule is C[C@@H]1NC(=O)[C@@H]2CCCN2C(=O)[C@H](CC(N)=O)NC(=O)[C@@H]2CSSC[C@@H]3NCN(C3=O)[C@H]3CSSC[C@H](NC1=O)C(=O)NC([C@@H](C)O)C(=O)NCC(=O)N[C@H](C(=O)N[C@@H](Cc1ccc(O)cc1)C(=O)O)CSSC[C@H](NC(=O)[C@H](Cc1ccc(O)cc1)NC(=O)[C@H](CCC(=O)O)NC3=O)C(=O)N2. The molecule has 14 amide bonds. The molecule has 1 unspecified atom stereocenters. The van der Waals surface area contributed by atoms with E-state index < -0.39 is 235 Å². The van der Waals surface area contributed by atoms with Gasteiger partial charge in [-0.05, 0) is 68.5 Å². The Labute approximate surface area is 606 Å². The minimum absolute atomic E-state index is 0.000836. The number of phenols is 2. The number of aromatic hydroxyl groups is 2. The maximum Gasteiger partial charge on any atom is 0.326 e. The summed E-state index contributed by atoms with van der Waals surface area (Å²) in [5.74, 6) is -20.6. The third-order valence-corrected chi connectivity index (χ3v) is 23.6. The molecule has 2 aromatic carbocycles. The second kappa shape index (κ2) is 38.7. The van der Waals surface area contributed by atoms with Crippen molar-refractivity contribution >= 4 is 159 Å². The van der Waals surface area contributed by atoms with E-state index >= 15 is 9.59 Å². The van der Waals surface area contributed by atoms with E-state index in [4.69, 9.17) is 5.73 Å². The molecule has 0 spiro atoms. The molecule has 5 fully saturated rings. The summed E-state index contributed by atoms with van der Waals surface area (Å²) >= 11 is 0. The smallest absolute Gasteiger partial charge is 0.326 e. The highest BCUT2D eigenvalue weighted by Crippen LogP contribution is 2.30. The van der Waals surface area contributed by atoms with Gasteiger partial charge in [0.1, 0.15) is 84.0 Å². The molecule has 0 saturated carbocycles. The van der Waals surface area contributed by atoms with Crippen molar-refractivity contribution in [2.24, 2.45) is 5.73 Å². The fourth-order valence-electron chi connectivity index (χ4n) is 10.8. The predicted molar refractivity (Wildman–Crippen MR) is 374 cm³/mol. The average Bonchev–Trinajstić information content (AvgIpc) is 1.62. The lowest BCUT2D eigenvalue weighted by Gasteiger charge is -2.30. The Morgan fingerprint density at radius 2 is 1.09 bits per heavy atom. The number of nitrogens with two attached hydrogens (primary N) is 1. The van der Waals surface area contributed by atoms with Crippen LogP contribution in [0.25, 0.3) is 0 Å². The number of carbonyl (C=O) groups excluding carboxylic acids is 14. The van der Waals surface area contributed by atoms with Crippen molar-refractivity contribution in [3.8, 4) is 11.5 Å². The molecule has 36 nitrogen and oxygen atoms in total. The molecule has 0 radical (unpaired) electrons. The number of carboxylic acid groups (broad SMARTS) is 2. The first-order valence-electron chi connectivity index (χ1n) is 31.8. The minimum atomic E-state index is -1.92. The second-order valence-corrected chi connectivity index (χ2v) is 31.7. The van der Waals surface area contributed by atoms with Crippen LogP contribution in [0.3, 0.4) is 0 Å². The molecule has 6 bridgehead atoms. The lowest BCUT2D eigenvalue weighted by Crippen LogP contribution is -2.61. The quantitative estimate of drug-likeness (QED) is 0.0657. The third kappa shape index (κ3) is 23.8. The molecular weight excluding hydrogens is 1460 g/mol. The lowest BCUT2D eigenvalue weighted by atomic mass is 10.0. The van der Waals surface area contributed by atoms with Crippen molar-refractivity contribution < 1.29 is 102 Å². The standard InChI is InChI=1S/C60H79N15O21S6/c1-27-48(83)70-40-23-100-102-25-43-56(91)66-33(13-14-46(81)82)49(84)67-34(16-29-5-9-31(77)10-6-29)50(85)71-39(22-98-97-20-37(65-45(80)19-62-57(92)47(28(2)76)73-54(40)89)51(86)69-36(60(95)96)17-30-7-11-32(78)12-8-30)53(88)72-38(21-99-101-24-41-59(94)75(43)26-63-41)52(87)68-35(18-44(61)79)58(93)74-15-3-4-42(74)55(90)64-27/h5-12,27-28,33-43,47,63,76-78H,3-4,13-26H2,1-2H3,(H2,61,79)(H,62,92)(H,64,90)(H,65,80)(H,66,91)(H,67,84)(H,68,87)(H,69,86)(H,70,83)(H,71,85)(H,72,88)(H,73,89)(H,81,82)(H,95,96)/t27-,28+,33-,34-,35-,36-,37-,38-,39-,40-,41-,42-,43-,47?/m0/s1. The second-order valence-electron chi connectivity index (χ2n) is 24.0. The number of fused-ring (bicyclic) bond motifs is 17. The maximum atomic E-state index is 15.2. The van der Waals surface area contributed by atoms with Crippen LogP contribution in [0.4, 0.5) is 0 Å². The number of primary amides is 1. The first-order chi connectivity index (χ1) is 48.5. The summed E-state index contributed by atoms with van der Waals surface area (Å²) in [6, 6.07) is -10.9. The highest BCUT2D eigenvalue weighted by Gasteiger charge is 2.44. The zero-order chi connectivity index (χ0) is 74.5. The fourth-order valence-corrected chi connectivity index (χ4v) is 17.8.